The average Bonchev–Trinajstić information content (AvgIpc) is 2.58. The van der Waals surface area contributed by atoms with E-state index < -0.39 is 0 Å². The first kappa shape index (κ1) is 15.9. The molecule has 0 amide bonds. The third kappa shape index (κ3) is 4.02. The molecule has 116 valence electrons. The molecular formula is C16H22N6. The summed E-state index contributed by atoms with van der Waals surface area (Å²) in [5, 5.41) is 14.6. The van der Waals surface area contributed by atoms with Crippen LogP contribution in [-0.2, 0) is 0 Å². The summed E-state index contributed by atoms with van der Waals surface area (Å²) in [5.74, 6) is 1.20. The molecule has 6 heteroatoms. The van der Waals surface area contributed by atoms with E-state index in [2.05, 4.69) is 20.6 Å². The SMILES string of the molecule is CNc1ncc(C(=N)c2ccccc2)c(NCCCCN)n1. The van der Waals surface area contributed by atoms with Crippen LogP contribution < -0.4 is 16.4 Å². The molecule has 0 spiro atoms. The van der Waals surface area contributed by atoms with Crippen molar-refractivity contribution in [1.82, 2.24) is 9.97 Å². The molecule has 2 aromatic rings. The second-order valence-electron chi connectivity index (χ2n) is 4.87. The van der Waals surface area contributed by atoms with Crippen LogP contribution in [-0.4, -0.2) is 35.8 Å². The first-order valence-electron chi connectivity index (χ1n) is 7.39. The number of anilines is 2. The Labute approximate surface area is 130 Å². The fourth-order valence-corrected chi connectivity index (χ4v) is 2.06. The number of nitrogens with zero attached hydrogens (tertiary/aromatic N) is 2. The zero-order valence-electron chi connectivity index (χ0n) is 12.8. The Morgan fingerprint density at radius 1 is 1.23 bits per heavy atom. The molecule has 0 aliphatic heterocycles. The fraction of sp³-hybridized carbons (Fsp3) is 0.312. The second-order valence-corrected chi connectivity index (χ2v) is 4.87. The Morgan fingerprint density at radius 2 is 2.00 bits per heavy atom. The van der Waals surface area contributed by atoms with Gasteiger partial charge in [0.25, 0.3) is 0 Å². The molecule has 1 aromatic carbocycles. The maximum Gasteiger partial charge on any atom is 0.224 e. The summed E-state index contributed by atoms with van der Waals surface area (Å²) in [4.78, 5) is 8.66. The Balaban J connectivity index is 2.23. The first-order chi connectivity index (χ1) is 10.8. The molecule has 0 saturated carbocycles. The highest BCUT2D eigenvalue weighted by Gasteiger charge is 2.12. The van der Waals surface area contributed by atoms with Gasteiger partial charge in [-0.3, -0.25) is 5.41 Å². The quantitative estimate of drug-likeness (QED) is 0.442. The van der Waals surface area contributed by atoms with E-state index in [1.165, 1.54) is 0 Å². The summed E-state index contributed by atoms with van der Waals surface area (Å²) in [6.45, 7) is 1.45. The molecule has 1 aromatic heterocycles. The van der Waals surface area contributed by atoms with Crippen molar-refractivity contribution < 1.29 is 0 Å². The minimum absolute atomic E-state index is 0.407. The molecular weight excluding hydrogens is 276 g/mol. The highest BCUT2D eigenvalue weighted by molar-refractivity contribution is 6.13. The van der Waals surface area contributed by atoms with Crippen molar-refractivity contribution in [3.05, 3.63) is 47.7 Å². The van der Waals surface area contributed by atoms with E-state index in [4.69, 9.17) is 11.1 Å². The van der Waals surface area contributed by atoms with E-state index in [1.807, 2.05) is 30.3 Å². The standard InChI is InChI=1S/C16H22N6/c1-19-16-21-11-13(14(18)12-7-3-2-4-8-12)15(22-16)20-10-6-5-9-17/h2-4,7-8,11,18H,5-6,9-10,17H2,1H3,(H2,19,20,21,22). The van der Waals surface area contributed by atoms with Gasteiger partial charge >= 0.3 is 0 Å². The summed E-state index contributed by atoms with van der Waals surface area (Å²) in [5.41, 5.74) is 7.45. The molecule has 6 nitrogen and oxygen atoms in total. The van der Waals surface area contributed by atoms with Gasteiger partial charge in [-0.05, 0) is 19.4 Å². The van der Waals surface area contributed by atoms with E-state index in [0.29, 0.717) is 29.6 Å². The molecule has 0 radical (unpaired) electrons. The summed E-state index contributed by atoms with van der Waals surface area (Å²) in [7, 11) is 1.77. The molecule has 0 saturated heterocycles. The van der Waals surface area contributed by atoms with Crippen molar-refractivity contribution in [2.75, 3.05) is 30.8 Å². The summed E-state index contributed by atoms with van der Waals surface area (Å²) < 4.78 is 0. The number of hydrogen-bond donors (Lipinski definition) is 4. The smallest absolute Gasteiger partial charge is 0.224 e. The van der Waals surface area contributed by atoms with Gasteiger partial charge in [0.05, 0.1) is 11.3 Å². The molecule has 0 aliphatic carbocycles. The zero-order valence-corrected chi connectivity index (χ0v) is 12.8. The van der Waals surface area contributed by atoms with Gasteiger partial charge < -0.3 is 16.4 Å². The Bertz CT molecular complexity index is 611. The third-order valence-corrected chi connectivity index (χ3v) is 3.27. The molecule has 0 aliphatic rings. The van der Waals surface area contributed by atoms with E-state index in [-0.39, 0.29) is 0 Å². The van der Waals surface area contributed by atoms with Crippen molar-refractivity contribution >= 4 is 17.5 Å². The van der Waals surface area contributed by atoms with Crippen LogP contribution in [0.1, 0.15) is 24.0 Å². The third-order valence-electron chi connectivity index (χ3n) is 3.27. The van der Waals surface area contributed by atoms with Gasteiger partial charge in [0.2, 0.25) is 5.95 Å². The van der Waals surface area contributed by atoms with E-state index in [9.17, 15) is 0 Å². The van der Waals surface area contributed by atoms with Crippen molar-refractivity contribution in [3.63, 3.8) is 0 Å². The molecule has 1 heterocycles. The van der Waals surface area contributed by atoms with Gasteiger partial charge in [0.1, 0.15) is 5.82 Å². The number of hydrogen-bond acceptors (Lipinski definition) is 6. The van der Waals surface area contributed by atoms with Crippen LogP contribution in [0, 0.1) is 5.41 Å². The Hall–Kier alpha value is -2.47. The molecule has 0 bridgehead atoms. The van der Waals surface area contributed by atoms with Crippen LogP contribution in [0.4, 0.5) is 11.8 Å². The van der Waals surface area contributed by atoms with Gasteiger partial charge in [0, 0.05) is 25.4 Å². The summed E-state index contributed by atoms with van der Waals surface area (Å²) in [6, 6.07) is 9.59. The maximum absolute atomic E-state index is 8.40. The van der Waals surface area contributed by atoms with Crippen molar-refractivity contribution in [2.45, 2.75) is 12.8 Å². The predicted molar refractivity (Wildman–Crippen MR) is 90.7 cm³/mol. The van der Waals surface area contributed by atoms with E-state index >= 15 is 0 Å². The fourth-order valence-electron chi connectivity index (χ4n) is 2.06. The van der Waals surface area contributed by atoms with Gasteiger partial charge in [-0.25, -0.2) is 4.98 Å². The largest absolute Gasteiger partial charge is 0.369 e. The average molecular weight is 298 g/mol. The van der Waals surface area contributed by atoms with Crippen LogP contribution in [0.3, 0.4) is 0 Å². The predicted octanol–water partition coefficient (Wildman–Crippen LogP) is 2.09. The lowest BCUT2D eigenvalue weighted by Crippen LogP contribution is -2.13. The number of nitrogens with two attached hydrogens (primary N) is 1. The first-order valence-corrected chi connectivity index (χ1v) is 7.39. The minimum Gasteiger partial charge on any atom is -0.369 e. The van der Waals surface area contributed by atoms with Crippen LogP contribution in [0.25, 0.3) is 0 Å². The minimum atomic E-state index is 0.407. The number of rotatable bonds is 8. The summed E-state index contributed by atoms with van der Waals surface area (Å²) >= 11 is 0. The lowest BCUT2D eigenvalue weighted by molar-refractivity contribution is 0.772. The molecule has 0 fully saturated rings. The van der Waals surface area contributed by atoms with Crippen LogP contribution in [0.5, 0.6) is 0 Å². The Kier molecular flexibility index (Phi) is 5.85. The van der Waals surface area contributed by atoms with Gasteiger partial charge in [0.15, 0.2) is 0 Å². The molecule has 0 atom stereocenters. The lowest BCUT2D eigenvalue weighted by Gasteiger charge is -2.13. The highest BCUT2D eigenvalue weighted by Crippen LogP contribution is 2.18. The van der Waals surface area contributed by atoms with Crippen LogP contribution in [0.2, 0.25) is 0 Å². The van der Waals surface area contributed by atoms with Gasteiger partial charge in [-0.15, -0.1) is 0 Å². The number of benzene rings is 1. The zero-order chi connectivity index (χ0) is 15.8. The van der Waals surface area contributed by atoms with E-state index in [1.54, 1.807) is 13.2 Å². The number of nitrogens with one attached hydrogen (secondary N) is 3. The maximum atomic E-state index is 8.40. The molecule has 0 unspecified atom stereocenters. The summed E-state index contributed by atoms with van der Waals surface area (Å²) in [6.07, 6.45) is 3.61. The van der Waals surface area contributed by atoms with Crippen LogP contribution in [0.15, 0.2) is 36.5 Å². The lowest BCUT2D eigenvalue weighted by atomic mass is 10.0. The van der Waals surface area contributed by atoms with Gasteiger partial charge in [-0.1, -0.05) is 30.3 Å². The molecule has 5 N–H and O–H groups in total. The monoisotopic (exact) mass is 298 g/mol. The highest BCUT2D eigenvalue weighted by atomic mass is 15.1. The van der Waals surface area contributed by atoms with Crippen molar-refractivity contribution in [1.29, 1.82) is 5.41 Å². The van der Waals surface area contributed by atoms with Gasteiger partial charge in [-0.2, -0.15) is 4.98 Å². The Morgan fingerprint density at radius 3 is 2.68 bits per heavy atom. The topological polar surface area (TPSA) is 99.7 Å². The van der Waals surface area contributed by atoms with Crippen molar-refractivity contribution in [3.8, 4) is 0 Å². The molecule has 2 rings (SSSR count). The second kappa shape index (κ2) is 8.09. The van der Waals surface area contributed by atoms with E-state index in [0.717, 1.165) is 24.9 Å². The number of unbranched alkanes of at least 4 members (excludes halogenated alkanes) is 1. The van der Waals surface area contributed by atoms with Crippen LogP contribution >= 0.6 is 0 Å². The normalized spacial score (nSPS) is 10.3. The number of aromatic nitrogens is 2. The van der Waals surface area contributed by atoms with Crippen molar-refractivity contribution in [2.24, 2.45) is 5.73 Å². The molecule has 22 heavy (non-hydrogen) atoms.